The standard InChI is InChI=1S/C28H24FNO3/c29-21-11-13-22(14-12-21)30-25-7-4-8-26(31)28(25)24(17-27(30)32)20-9-15-23(16-10-20)33-18-19-5-2-1-3-6-19/h1-3,5-6,9-16,24H,4,7-8,17-18H2. The van der Waals surface area contributed by atoms with Crippen LogP contribution >= 0.6 is 0 Å². The molecule has 3 aromatic rings. The van der Waals surface area contributed by atoms with Crippen LogP contribution in [0.5, 0.6) is 5.75 Å². The van der Waals surface area contributed by atoms with E-state index in [1.807, 2.05) is 54.6 Å². The summed E-state index contributed by atoms with van der Waals surface area (Å²) in [6.07, 6.45) is 2.05. The lowest BCUT2D eigenvalue weighted by molar-refractivity contribution is -0.119. The van der Waals surface area contributed by atoms with Gasteiger partial charge in [-0.05, 0) is 60.4 Å². The first-order valence-electron chi connectivity index (χ1n) is 11.2. The largest absolute Gasteiger partial charge is 0.489 e. The van der Waals surface area contributed by atoms with Crippen LogP contribution in [0.1, 0.15) is 42.7 Å². The maximum absolute atomic E-state index is 13.4. The van der Waals surface area contributed by atoms with Crippen molar-refractivity contribution in [3.63, 3.8) is 0 Å². The van der Waals surface area contributed by atoms with E-state index in [0.717, 1.165) is 22.6 Å². The summed E-state index contributed by atoms with van der Waals surface area (Å²) in [7, 11) is 0. The molecule has 0 N–H and O–H groups in total. The molecule has 5 heteroatoms. The summed E-state index contributed by atoms with van der Waals surface area (Å²) in [6.45, 7) is 0.475. The summed E-state index contributed by atoms with van der Waals surface area (Å²) >= 11 is 0. The minimum Gasteiger partial charge on any atom is -0.489 e. The Morgan fingerprint density at radius 1 is 0.879 bits per heavy atom. The molecule has 1 aliphatic carbocycles. The summed E-state index contributed by atoms with van der Waals surface area (Å²) < 4.78 is 19.3. The number of benzene rings is 3. The van der Waals surface area contributed by atoms with Gasteiger partial charge in [0.2, 0.25) is 5.91 Å². The number of hydrogen-bond donors (Lipinski definition) is 0. The second-order valence-corrected chi connectivity index (χ2v) is 8.44. The Kier molecular flexibility index (Phi) is 5.78. The van der Waals surface area contributed by atoms with Crippen LogP contribution in [0.4, 0.5) is 10.1 Å². The number of rotatable bonds is 5. The lowest BCUT2D eigenvalue weighted by Gasteiger charge is -2.38. The monoisotopic (exact) mass is 441 g/mol. The van der Waals surface area contributed by atoms with E-state index in [4.69, 9.17) is 4.74 Å². The van der Waals surface area contributed by atoms with Crippen LogP contribution in [0.15, 0.2) is 90.1 Å². The fraction of sp³-hybridized carbons (Fsp3) is 0.214. The average molecular weight is 442 g/mol. The minimum absolute atomic E-state index is 0.0792. The van der Waals surface area contributed by atoms with Crippen LogP contribution in [0, 0.1) is 5.82 Å². The molecular weight excluding hydrogens is 417 g/mol. The first kappa shape index (κ1) is 21.1. The van der Waals surface area contributed by atoms with Gasteiger partial charge in [-0.15, -0.1) is 0 Å². The van der Waals surface area contributed by atoms with Crippen molar-refractivity contribution in [3.8, 4) is 5.75 Å². The van der Waals surface area contributed by atoms with Crippen LogP contribution in [0.25, 0.3) is 0 Å². The van der Waals surface area contributed by atoms with Gasteiger partial charge in [0.25, 0.3) is 0 Å². The van der Waals surface area contributed by atoms with Crippen LogP contribution in [-0.2, 0) is 16.2 Å². The fourth-order valence-corrected chi connectivity index (χ4v) is 4.70. The first-order valence-corrected chi connectivity index (χ1v) is 11.2. The number of anilines is 1. The second-order valence-electron chi connectivity index (χ2n) is 8.44. The maximum atomic E-state index is 13.4. The van der Waals surface area contributed by atoms with Crippen molar-refractivity contribution in [3.05, 3.63) is 107 Å². The van der Waals surface area contributed by atoms with Gasteiger partial charge in [0, 0.05) is 35.7 Å². The Morgan fingerprint density at radius 2 is 1.61 bits per heavy atom. The van der Waals surface area contributed by atoms with Crippen molar-refractivity contribution in [1.29, 1.82) is 0 Å². The van der Waals surface area contributed by atoms with E-state index in [1.54, 1.807) is 17.0 Å². The Balaban J connectivity index is 1.43. The Hall–Kier alpha value is -3.73. The molecule has 0 spiro atoms. The Morgan fingerprint density at radius 3 is 2.33 bits per heavy atom. The highest BCUT2D eigenvalue weighted by atomic mass is 19.1. The quantitative estimate of drug-likeness (QED) is 0.493. The number of halogens is 1. The Labute approximate surface area is 192 Å². The SMILES string of the molecule is O=C1CCCC2=C1C(c1ccc(OCc3ccccc3)cc1)CC(=O)N2c1ccc(F)cc1. The molecule has 5 rings (SSSR count). The van der Waals surface area contributed by atoms with Crippen molar-refractivity contribution >= 4 is 17.4 Å². The Bertz CT molecular complexity index is 1200. The number of carbonyl (C=O) groups excluding carboxylic acids is 2. The molecule has 4 nitrogen and oxygen atoms in total. The van der Waals surface area contributed by atoms with Crippen molar-refractivity contribution in [2.75, 3.05) is 4.90 Å². The molecule has 1 atom stereocenters. The van der Waals surface area contributed by atoms with E-state index in [0.29, 0.717) is 37.1 Å². The normalized spacial score (nSPS) is 18.3. The van der Waals surface area contributed by atoms with E-state index in [2.05, 4.69) is 0 Å². The van der Waals surface area contributed by atoms with Crippen molar-refractivity contribution in [1.82, 2.24) is 0 Å². The molecule has 1 amide bonds. The van der Waals surface area contributed by atoms with Gasteiger partial charge in [0.05, 0.1) is 0 Å². The topological polar surface area (TPSA) is 46.6 Å². The molecule has 0 saturated carbocycles. The molecule has 1 aliphatic heterocycles. The summed E-state index contributed by atoms with van der Waals surface area (Å²) in [5.41, 5.74) is 4.08. The molecular formula is C28H24FNO3. The number of amides is 1. The maximum Gasteiger partial charge on any atom is 0.232 e. The molecule has 0 radical (unpaired) electrons. The third kappa shape index (κ3) is 4.31. The summed E-state index contributed by atoms with van der Waals surface area (Å²) in [6, 6.07) is 23.5. The van der Waals surface area contributed by atoms with E-state index in [9.17, 15) is 14.0 Å². The lowest BCUT2D eigenvalue weighted by atomic mass is 9.77. The van der Waals surface area contributed by atoms with Gasteiger partial charge in [-0.2, -0.15) is 0 Å². The molecule has 0 aromatic heterocycles. The van der Waals surface area contributed by atoms with Crippen LogP contribution in [0.2, 0.25) is 0 Å². The number of carbonyl (C=O) groups is 2. The zero-order valence-electron chi connectivity index (χ0n) is 18.2. The van der Waals surface area contributed by atoms with Gasteiger partial charge in [-0.25, -0.2) is 4.39 Å². The molecule has 1 heterocycles. The van der Waals surface area contributed by atoms with Crippen molar-refractivity contribution in [2.45, 2.75) is 38.2 Å². The molecule has 33 heavy (non-hydrogen) atoms. The zero-order chi connectivity index (χ0) is 22.8. The molecule has 1 unspecified atom stereocenters. The lowest BCUT2D eigenvalue weighted by Crippen LogP contribution is -2.40. The average Bonchev–Trinajstić information content (AvgIpc) is 2.84. The predicted molar refractivity (Wildman–Crippen MR) is 124 cm³/mol. The first-order chi connectivity index (χ1) is 16.1. The zero-order valence-corrected chi connectivity index (χ0v) is 18.2. The summed E-state index contributed by atoms with van der Waals surface area (Å²) in [4.78, 5) is 27.8. The van der Waals surface area contributed by atoms with Crippen molar-refractivity contribution in [2.24, 2.45) is 0 Å². The summed E-state index contributed by atoms with van der Waals surface area (Å²) in [5.74, 6) is 0.112. The van der Waals surface area contributed by atoms with Crippen LogP contribution in [0.3, 0.4) is 0 Å². The number of hydrogen-bond acceptors (Lipinski definition) is 3. The van der Waals surface area contributed by atoms with Gasteiger partial charge in [-0.3, -0.25) is 14.5 Å². The van der Waals surface area contributed by atoms with E-state index in [1.165, 1.54) is 12.1 Å². The molecule has 166 valence electrons. The van der Waals surface area contributed by atoms with E-state index >= 15 is 0 Å². The molecule has 0 saturated heterocycles. The highest BCUT2D eigenvalue weighted by Crippen LogP contribution is 2.43. The van der Waals surface area contributed by atoms with Gasteiger partial charge in [-0.1, -0.05) is 42.5 Å². The second kappa shape index (κ2) is 9.02. The number of Topliss-reactive ketones (excluding diaryl/α,β-unsaturated/α-hetero) is 1. The van der Waals surface area contributed by atoms with Crippen LogP contribution in [-0.4, -0.2) is 11.7 Å². The highest BCUT2D eigenvalue weighted by Gasteiger charge is 2.39. The fourth-order valence-electron chi connectivity index (χ4n) is 4.70. The van der Waals surface area contributed by atoms with Gasteiger partial charge >= 0.3 is 0 Å². The summed E-state index contributed by atoms with van der Waals surface area (Å²) in [5, 5.41) is 0. The number of ether oxygens (including phenoxy) is 1. The molecule has 3 aromatic carbocycles. The van der Waals surface area contributed by atoms with Gasteiger partial charge < -0.3 is 4.74 Å². The van der Waals surface area contributed by atoms with E-state index in [-0.39, 0.29) is 29.8 Å². The molecule has 0 bridgehead atoms. The van der Waals surface area contributed by atoms with Gasteiger partial charge in [0.15, 0.2) is 5.78 Å². The van der Waals surface area contributed by atoms with E-state index < -0.39 is 0 Å². The predicted octanol–water partition coefficient (Wildman–Crippen LogP) is 5.93. The number of ketones is 1. The van der Waals surface area contributed by atoms with Gasteiger partial charge in [0.1, 0.15) is 18.2 Å². The smallest absolute Gasteiger partial charge is 0.232 e. The third-order valence-electron chi connectivity index (χ3n) is 6.29. The third-order valence-corrected chi connectivity index (χ3v) is 6.29. The molecule has 0 fully saturated rings. The highest BCUT2D eigenvalue weighted by molar-refractivity contribution is 6.07. The van der Waals surface area contributed by atoms with Crippen LogP contribution < -0.4 is 9.64 Å². The minimum atomic E-state index is -0.357. The number of nitrogens with zero attached hydrogens (tertiary/aromatic N) is 1. The number of allylic oxidation sites excluding steroid dienone is 2. The molecule has 2 aliphatic rings. The van der Waals surface area contributed by atoms with Crippen molar-refractivity contribution < 1.29 is 18.7 Å².